The van der Waals surface area contributed by atoms with Crippen molar-refractivity contribution in [2.75, 3.05) is 14.2 Å². The molecule has 1 aromatic carbocycles. The van der Waals surface area contributed by atoms with E-state index in [1.165, 1.54) is 25.6 Å². The summed E-state index contributed by atoms with van der Waals surface area (Å²) in [5.41, 5.74) is 0.306. The number of hydrogen-bond acceptors (Lipinski definition) is 6. The van der Waals surface area contributed by atoms with E-state index < -0.39 is 11.5 Å². The quantitative estimate of drug-likeness (QED) is 0.763. The summed E-state index contributed by atoms with van der Waals surface area (Å²) in [6, 6.07) is 7.12. The number of nitrogens with zero attached hydrogens (tertiary/aromatic N) is 2. The van der Waals surface area contributed by atoms with E-state index in [1.54, 1.807) is 28.5 Å². The number of ether oxygens (including phenoxy) is 2. The van der Waals surface area contributed by atoms with Gasteiger partial charge < -0.3 is 14.4 Å². The van der Waals surface area contributed by atoms with E-state index in [2.05, 4.69) is 9.72 Å². The van der Waals surface area contributed by atoms with Gasteiger partial charge in [0.1, 0.15) is 10.8 Å². The molecular weight excluding hydrogens is 340 g/mol. The van der Waals surface area contributed by atoms with Gasteiger partial charge in [-0.15, -0.1) is 11.3 Å². The average molecular weight is 362 g/mol. The number of carbonyl (C=O) groups is 2. The third kappa shape index (κ3) is 4.36. The Balaban J connectivity index is 2.32. The Hall–Kier alpha value is -2.41. The van der Waals surface area contributed by atoms with E-state index in [-0.39, 0.29) is 11.6 Å². The zero-order valence-electron chi connectivity index (χ0n) is 15.0. The number of benzene rings is 1. The first kappa shape index (κ1) is 18.9. The first-order chi connectivity index (χ1) is 11.8. The lowest BCUT2D eigenvalue weighted by atomic mass is 10.0. The Morgan fingerprint density at radius 3 is 2.48 bits per heavy atom. The topological polar surface area (TPSA) is 68.7 Å². The number of hydrogen-bond donors (Lipinski definition) is 0. The molecule has 0 saturated carbocycles. The number of para-hydroxylation sites is 1. The molecule has 1 heterocycles. The van der Waals surface area contributed by atoms with Gasteiger partial charge in [0.05, 0.1) is 26.3 Å². The van der Waals surface area contributed by atoms with Crippen LogP contribution in [0.2, 0.25) is 0 Å². The summed E-state index contributed by atoms with van der Waals surface area (Å²) in [7, 11) is 2.85. The Kier molecular flexibility index (Phi) is 5.79. The van der Waals surface area contributed by atoms with E-state index >= 15 is 0 Å². The SMILES string of the molecule is COC(=O)c1csc(CN(C(=O)c2ccccc2OC)C(C)(C)C)n1. The first-order valence-electron chi connectivity index (χ1n) is 7.75. The fourth-order valence-corrected chi connectivity index (χ4v) is 3.05. The standard InChI is InChI=1S/C18H22N2O4S/c1-18(2,3)20(10-15-19-13(11-25-15)17(22)24-5)16(21)12-8-6-7-9-14(12)23-4/h6-9,11H,10H2,1-5H3. The minimum atomic E-state index is -0.485. The van der Waals surface area contributed by atoms with Crippen LogP contribution in [0.5, 0.6) is 5.75 Å². The molecule has 2 aromatic rings. The molecule has 0 unspecified atom stereocenters. The zero-order chi connectivity index (χ0) is 18.6. The maximum atomic E-state index is 13.1. The Morgan fingerprint density at radius 2 is 1.88 bits per heavy atom. The van der Waals surface area contributed by atoms with Gasteiger partial charge in [-0.1, -0.05) is 12.1 Å². The van der Waals surface area contributed by atoms with Crippen LogP contribution in [0.4, 0.5) is 0 Å². The number of methoxy groups -OCH3 is 2. The summed E-state index contributed by atoms with van der Waals surface area (Å²) < 4.78 is 9.98. The Morgan fingerprint density at radius 1 is 1.20 bits per heavy atom. The van der Waals surface area contributed by atoms with Crippen molar-refractivity contribution >= 4 is 23.2 Å². The van der Waals surface area contributed by atoms with Crippen molar-refractivity contribution in [2.45, 2.75) is 32.9 Å². The summed E-state index contributed by atoms with van der Waals surface area (Å²) >= 11 is 1.32. The molecular formula is C18H22N2O4S. The van der Waals surface area contributed by atoms with Gasteiger partial charge in [0.2, 0.25) is 0 Å². The molecule has 1 amide bonds. The van der Waals surface area contributed by atoms with Crippen LogP contribution in [-0.4, -0.2) is 41.5 Å². The van der Waals surface area contributed by atoms with Crippen LogP contribution in [0.3, 0.4) is 0 Å². The monoisotopic (exact) mass is 362 g/mol. The fourth-order valence-electron chi connectivity index (χ4n) is 2.30. The molecule has 0 saturated heterocycles. The summed E-state index contributed by atoms with van der Waals surface area (Å²) in [5.74, 6) is -0.114. The summed E-state index contributed by atoms with van der Waals surface area (Å²) in [6.07, 6.45) is 0. The van der Waals surface area contributed by atoms with Gasteiger partial charge in [-0.25, -0.2) is 9.78 Å². The predicted molar refractivity (Wildman–Crippen MR) is 96.1 cm³/mol. The second-order valence-corrected chi connectivity index (χ2v) is 7.32. The zero-order valence-corrected chi connectivity index (χ0v) is 15.8. The third-order valence-electron chi connectivity index (χ3n) is 3.63. The first-order valence-corrected chi connectivity index (χ1v) is 8.63. The average Bonchev–Trinajstić information content (AvgIpc) is 3.06. The van der Waals surface area contributed by atoms with E-state index in [9.17, 15) is 9.59 Å². The van der Waals surface area contributed by atoms with Crippen molar-refractivity contribution in [1.82, 2.24) is 9.88 Å². The molecule has 0 spiro atoms. The lowest BCUT2D eigenvalue weighted by Gasteiger charge is -2.35. The fraction of sp³-hybridized carbons (Fsp3) is 0.389. The molecule has 1 aromatic heterocycles. The van der Waals surface area contributed by atoms with Gasteiger partial charge >= 0.3 is 5.97 Å². The molecule has 0 aliphatic rings. The highest BCUT2D eigenvalue weighted by molar-refractivity contribution is 7.09. The molecule has 134 valence electrons. The van der Waals surface area contributed by atoms with Crippen LogP contribution >= 0.6 is 11.3 Å². The Bertz CT molecular complexity index is 764. The lowest BCUT2D eigenvalue weighted by molar-refractivity contribution is 0.0555. The van der Waals surface area contributed by atoms with Gasteiger partial charge in [0.25, 0.3) is 5.91 Å². The molecule has 0 atom stereocenters. The molecule has 0 fully saturated rings. The number of rotatable bonds is 5. The highest BCUT2D eigenvalue weighted by atomic mass is 32.1. The van der Waals surface area contributed by atoms with Gasteiger partial charge in [0, 0.05) is 10.9 Å². The molecule has 6 nitrogen and oxygen atoms in total. The van der Waals surface area contributed by atoms with Crippen molar-refractivity contribution in [3.05, 3.63) is 45.9 Å². The van der Waals surface area contributed by atoms with Crippen molar-refractivity contribution in [3.63, 3.8) is 0 Å². The van der Waals surface area contributed by atoms with Crippen LogP contribution in [0, 0.1) is 0 Å². The predicted octanol–water partition coefficient (Wildman–Crippen LogP) is 3.38. The van der Waals surface area contributed by atoms with Crippen LogP contribution in [0.25, 0.3) is 0 Å². The molecule has 25 heavy (non-hydrogen) atoms. The van der Waals surface area contributed by atoms with E-state index in [1.807, 2.05) is 26.8 Å². The minimum Gasteiger partial charge on any atom is -0.496 e. The summed E-state index contributed by atoms with van der Waals surface area (Å²) in [6.45, 7) is 6.15. The van der Waals surface area contributed by atoms with Crippen molar-refractivity contribution in [3.8, 4) is 5.75 Å². The van der Waals surface area contributed by atoms with Crippen LogP contribution < -0.4 is 4.74 Å². The van der Waals surface area contributed by atoms with E-state index in [0.717, 1.165) is 0 Å². The van der Waals surface area contributed by atoms with Gasteiger partial charge in [0.15, 0.2) is 5.69 Å². The molecule has 0 N–H and O–H groups in total. The van der Waals surface area contributed by atoms with Crippen LogP contribution in [-0.2, 0) is 11.3 Å². The smallest absolute Gasteiger partial charge is 0.357 e. The molecule has 0 aliphatic carbocycles. The Labute approximate surface area is 151 Å². The molecule has 0 bridgehead atoms. The van der Waals surface area contributed by atoms with Crippen LogP contribution in [0.1, 0.15) is 46.6 Å². The van der Waals surface area contributed by atoms with Gasteiger partial charge in [-0.3, -0.25) is 4.79 Å². The number of esters is 1. The minimum absolute atomic E-state index is 0.153. The summed E-state index contributed by atoms with van der Waals surface area (Å²) in [4.78, 5) is 30.7. The maximum absolute atomic E-state index is 13.1. The van der Waals surface area contributed by atoms with Gasteiger partial charge in [-0.2, -0.15) is 0 Å². The molecule has 2 rings (SSSR count). The number of thiazole rings is 1. The van der Waals surface area contributed by atoms with Gasteiger partial charge in [-0.05, 0) is 32.9 Å². The van der Waals surface area contributed by atoms with E-state index in [0.29, 0.717) is 22.9 Å². The largest absolute Gasteiger partial charge is 0.496 e. The third-order valence-corrected chi connectivity index (χ3v) is 4.47. The normalized spacial score (nSPS) is 11.1. The lowest BCUT2D eigenvalue weighted by Crippen LogP contribution is -2.45. The summed E-state index contributed by atoms with van der Waals surface area (Å²) in [5, 5.41) is 2.30. The molecule has 0 radical (unpaired) electrons. The van der Waals surface area contributed by atoms with E-state index in [4.69, 9.17) is 4.74 Å². The number of amides is 1. The number of carbonyl (C=O) groups excluding carboxylic acids is 2. The van der Waals surface area contributed by atoms with Crippen molar-refractivity contribution < 1.29 is 19.1 Å². The number of aromatic nitrogens is 1. The van der Waals surface area contributed by atoms with Crippen LogP contribution in [0.15, 0.2) is 29.6 Å². The maximum Gasteiger partial charge on any atom is 0.357 e. The second-order valence-electron chi connectivity index (χ2n) is 6.38. The molecule has 7 heteroatoms. The highest BCUT2D eigenvalue weighted by Gasteiger charge is 2.30. The van der Waals surface area contributed by atoms with Crippen molar-refractivity contribution in [1.29, 1.82) is 0 Å². The van der Waals surface area contributed by atoms with Crippen molar-refractivity contribution in [2.24, 2.45) is 0 Å². The molecule has 0 aliphatic heterocycles. The highest BCUT2D eigenvalue weighted by Crippen LogP contribution is 2.26. The second kappa shape index (κ2) is 7.65.